The van der Waals surface area contributed by atoms with E-state index in [4.69, 9.17) is 5.11 Å². The van der Waals surface area contributed by atoms with Gasteiger partial charge in [0.15, 0.2) is 0 Å². The number of hydrogen-bond donors (Lipinski definition) is 1. The van der Waals surface area contributed by atoms with Crippen molar-refractivity contribution in [3.8, 4) is 0 Å². The Morgan fingerprint density at radius 3 is 2.50 bits per heavy atom. The van der Waals surface area contributed by atoms with Crippen molar-refractivity contribution in [3.63, 3.8) is 0 Å². The van der Waals surface area contributed by atoms with Crippen LogP contribution >= 0.6 is 0 Å². The van der Waals surface area contributed by atoms with Gasteiger partial charge in [-0.1, -0.05) is 6.92 Å². The number of carboxylic acid groups (broad SMARTS) is 1. The van der Waals surface area contributed by atoms with Crippen LogP contribution in [-0.4, -0.2) is 46.2 Å². The summed E-state index contributed by atoms with van der Waals surface area (Å²) in [5, 5.41) is 8.49. The van der Waals surface area contributed by atoms with Gasteiger partial charge in [0, 0.05) is 22.3 Å². The fourth-order valence-corrected chi connectivity index (χ4v) is 1.94. The summed E-state index contributed by atoms with van der Waals surface area (Å²) in [6.07, 6.45) is -4.39. The van der Waals surface area contributed by atoms with E-state index in [1.54, 1.807) is 0 Å². The minimum Gasteiger partial charge on any atom is -0.481 e. The van der Waals surface area contributed by atoms with Crippen molar-refractivity contribution in [2.75, 3.05) is 24.7 Å². The molecule has 2 unspecified atom stereocenters. The van der Waals surface area contributed by atoms with Gasteiger partial charge in [-0.15, -0.1) is 0 Å². The summed E-state index contributed by atoms with van der Waals surface area (Å²) in [6.45, 7) is -0.284. The van der Waals surface area contributed by atoms with Crippen molar-refractivity contribution >= 4 is 16.8 Å². The summed E-state index contributed by atoms with van der Waals surface area (Å²) >= 11 is 0. The zero-order valence-corrected chi connectivity index (χ0v) is 9.44. The molecule has 1 N–H and O–H groups in total. The molecule has 96 valence electrons. The summed E-state index contributed by atoms with van der Waals surface area (Å²) in [5.74, 6) is -2.02. The average molecular weight is 262 g/mol. The van der Waals surface area contributed by atoms with Crippen LogP contribution in [-0.2, 0) is 20.3 Å². The topological polar surface area (TPSA) is 63.6 Å². The highest BCUT2D eigenvalue weighted by atomic mass is 32.2. The van der Waals surface area contributed by atoms with E-state index < -0.39 is 35.5 Å². The van der Waals surface area contributed by atoms with Crippen LogP contribution in [0.3, 0.4) is 0 Å². The number of ether oxygens (including phenoxy) is 1. The third-order valence-corrected chi connectivity index (χ3v) is 3.07. The minimum absolute atomic E-state index is 0.0787. The fraction of sp³-hybridized carbons (Fsp3) is 0.875. The molecule has 0 aromatic rings. The van der Waals surface area contributed by atoms with Crippen LogP contribution in [0.1, 0.15) is 6.92 Å². The lowest BCUT2D eigenvalue weighted by Gasteiger charge is -2.08. The second-order valence-electron chi connectivity index (χ2n) is 3.22. The molecule has 0 aromatic heterocycles. The molecule has 0 aliphatic carbocycles. The van der Waals surface area contributed by atoms with E-state index >= 15 is 0 Å². The van der Waals surface area contributed by atoms with Gasteiger partial charge in [-0.3, -0.25) is 9.00 Å². The zero-order valence-electron chi connectivity index (χ0n) is 8.62. The first kappa shape index (κ1) is 15.4. The summed E-state index contributed by atoms with van der Waals surface area (Å²) < 4.78 is 50.3. The maximum absolute atomic E-state index is 11.6. The Labute approximate surface area is 93.2 Å². The SMILES string of the molecule is CC(CS(=O)CCOCC(F)(F)F)C(=O)O. The number of rotatable bonds is 7. The maximum Gasteiger partial charge on any atom is 0.411 e. The van der Waals surface area contributed by atoms with E-state index in [0.29, 0.717) is 0 Å². The Hall–Kier alpha value is -0.630. The molecule has 0 aromatic carbocycles. The number of hydrogen-bond acceptors (Lipinski definition) is 3. The lowest BCUT2D eigenvalue weighted by atomic mass is 10.2. The van der Waals surface area contributed by atoms with Gasteiger partial charge in [0.05, 0.1) is 12.5 Å². The van der Waals surface area contributed by atoms with Gasteiger partial charge in [0.25, 0.3) is 0 Å². The van der Waals surface area contributed by atoms with Crippen molar-refractivity contribution in [2.45, 2.75) is 13.1 Å². The Morgan fingerprint density at radius 2 is 2.06 bits per heavy atom. The Bertz CT molecular complexity index is 254. The fourth-order valence-electron chi connectivity index (χ4n) is 0.773. The molecule has 0 spiro atoms. The van der Waals surface area contributed by atoms with Gasteiger partial charge in [0.1, 0.15) is 6.61 Å². The van der Waals surface area contributed by atoms with Crippen molar-refractivity contribution in [1.29, 1.82) is 0 Å². The second-order valence-corrected chi connectivity index (χ2v) is 4.84. The minimum atomic E-state index is -4.39. The van der Waals surface area contributed by atoms with Crippen molar-refractivity contribution in [2.24, 2.45) is 5.92 Å². The first-order valence-corrected chi connectivity index (χ1v) is 5.93. The predicted molar refractivity (Wildman–Crippen MR) is 51.6 cm³/mol. The van der Waals surface area contributed by atoms with Gasteiger partial charge in [-0.25, -0.2) is 0 Å². The number of alkyl halides is 3. The Morgan fingerprint density at radius 1 is 1.50 bits per heavy atom. The largest absolute Gasteiger partial charge is 0.481 e. The van der Waals surface area contributed by atoms with E-state index in [9.17, 15) is 22.2 Å². The van der Waals surface area contributed by atoms with Crippen LogP contribution in [0.4, 0.5) is 13.2 Å². The molecule has 0 radical (unpaired) electrons. The van der Waals surface area contributed by atoms with Gasteiger partial charge in [-0.2, -0.15) is 13.2 Å². The summed E-state index contributed by atoms with van der Waals surface area (Å²) in [5.41, 5.74) is 0. The molecular formula is C8H13F3O4S. The summed E-state index contributed by atoms with van der Waals surface area (Å²) in [6, 6.07) is 0. The molecule has 0 saturated heterocycles. The van der Waals surface area contributed by atoms with E-state index in [1.165, 1.54) is 6.92 Å². The standard InChI is InChI=1S/C8H13F3O4S/c1-6(7(12)13)4-16(14)3-2-15-5-8(9,10)11/h6H,2-5H2,1H3,(H,12,13). The van der Waals surface area contributed by atoms with Gasteiger partial charge < -0.3 is 9.84 Å². The molecule has 0 heterocycles. The molecule has 0 rings (SSSR count). The molecule has 0 bridgehead atoms. The van der Waals surface area contributed by atoms with Gasteiger partial charge in [0.2, 0.25) is 0 Å². The molecule has 2 atom stereocenters. The molecule has 0 fully saturated rings. The van der Waals surface area contributed by atoms with Gasteiger partial charge in [-0.05, 0) is 0 Å². The lowest BCUT2D eigenvalue weighted by Crippen LogP contribution is -2.22. The molecule has 0 aliphatic rings. The van der Waals surface area contributed by atoms with Crippen LogP contribution in [0.5, 0.6) is 0 Å². The quantitative estimate of drug-likeness (QED) is 0.696. The lowest BCUT2D eigenvalue weighted by molar-refractivity contribution is -0.172. The molecule has 4 nitrogen and oxygen atoms in total. The zero-order chi connectivity index (χ0) is 12.8. The number of halogens is 3. The van der Waals surface area contributed by atoms with Crippen LogP contribution in [0.25, 0.3) is 0 Å². The highest BCUT2D eigenvalue weighted by Crippen LogP contribution is 2.14. The van der Waals surface area contributed by atoms with E-state index in [0.717, 1.165) is 0 Å². The monoisotopic (exact) mass is 262 g/mol. The first-order chi connectivity index (χ1) is 7.22. The van der Waals surface area contributed by atoms with E-state index in [-0.39, 0.29) is 18.1 Å². The normalized spacial score (nSPS) is 15.8. The molecule has 0 aliphatic heterocycles. The van der Waals surface area contributed by atoms with E-state index in [1.807, 2.05) is 0 Å². The van der Waals surface area contributed by atoms with Gasteiger partial charge >= 0.3 is 12.1 Å². The second kappa shape index (κ2) is 6.85. The maximum atomic E-state index is 11.6. The van der Waals surface area contributed by atoms with Crippen molar-refractivity contribution < 1.29 is 32.0 Å². The number of carbonyl (C=O) groups is 1. The summed E-state index contributed by atoms with van der Waals surface area (Å²) in [7, 11) is -1.47. The van der Waals surface area contributed by atoms with Crippen LogP contribution in [0, 0.1) is 5.92 Å². The summed E-state index contributed by atoms with van der Waals surface area (Å²) in [4.78, 5) is 10.4. The molecule has 16 heavy (non-hydrogen) atoms. The third-order valence-electron chi connectivity index (χ3n) is 1.58. The molecular weight excluding hydrogens is 249 g/mol. The first-order valence-electron chi connectivity index (χ1n) is 4.44. The van der Waals surface area contributed by atoms with Crippen LogP contribution < -0.4 is 0 Å². The highest BCUT2D eigenvalue weighted by Gasteiger charge is 2.27. The third kappa shape index (κ3) is 8.66. The smallest absolute Gasteiger partial charge is 0.411 e. The molecule has 8 heteroatoms. The highest BCUT2D eigenvalue weighted by molar-refractivity contribution is 7.85. The van der Waals surface area contributed by atoms with Crippen molar-refractivity contribution in [1.82, 2.24) is 0 Å². The molecule has 0 saturated carbocycles. The van der Waals surface area contributed by atoms with Crippen LogP contribution in [0.15, 0.2) is 0 Å². The Kier molecular flexibility index (Phi) is 6.58. The number of aliphatic carboxylic acids is 1. The van der Waals surface area contributed by atoms with Crippen molar-refractivity contribution in [3.05, 3.63) is 0 Å². The number of carboxylic acids is 1. The Balaban J connectivity index is 3.63. The van der Waals surface area contributed by atoms with Crippen LogP contribution in [0.2, 0.25) is 0 Å². The predicted octanol–water partition coefficient (Wildman–Crippen LogP) is 1.03. The van der Waals surface area contributed by atoms with E-state index in [2.05, 4.69) is 4.74 Å². The molecule has 0 amide bonds. The average Bonchev–Trinajstić information content (AvgIpc) is 2.10.